The van der Waals surface area contributed by atoms with Crippen LogP contribution >= 0.6 is 0 Å². The molecule has 0 aliphatic rings. The highest BCUT2D eigenvalue weighted by Gasteiger charge is 2.25. The molecule has 0 fully saturated rings. The fourth-order valence-corrected chi connectivity index (χ4v) is 2.62. The molecule has 0 aromatic heterocycles. The van der Waals surface area contributed by atoms with Gasteiger partial charge in [0, 0.05) is 25.2 Å². The number of nitro groups is 1. The second-order valence-corrected chi connectivity index (χ2v) is 5.98. The van der Waals surface area contributed by atoms with Crippen molar-refractivity contribution in [1.29, 1.82) is 0 Å². The third-order valence-corrected chi connectivity index (χ3v) is 4.55. The highest BCUT2D eigenvalue weighted by Crippen LogP contribution is 2.23. The Hall–Kier alpha value is -1.54. The molecule has 100 valence electrons. The summed E-state index contributed by atoms with van der Waals surface area (Å²) in [6, 6.07) is 2.23. The van der Waals surface area contributed by atoms with Crippen LogP contribution in [0.5, 0.6) is 0 Å². The number of hydrogen-bond acceptors (Lipinski definition) is 4. The van der Waals surface area contributed by atoms with Gasteiger partial charge in [-0.3, -0.25) is 10.1 Å². The minimum atomic E-state index is -3.83. The molecule has 0 saturated carbocycles. The summed E-state index contributed by atoms with van der Waals surface area (Å²) in [4.78, 5) is 9.22. The Balaban J connectivity index is 3.28. The first-order valence-corrected chi connectivity index (χ1v) is 6.54. The second-order valence-electron chi connectivity index (χ2n) is 3.99. The monoisotopic (exact) mass is 276 g/mol. The van der Waals surface area contributed by atoms with Gasteiger partial charge in [0.05, 0.1) is 9.82 Å². The average molecular weight is 276 g/mol. The Labute approximate surface area is 104 Å². The van der Waals surface area contributed by atoms with E-state index in [1.807, 2.05) is 0 Å². The van der Waals surface area contributed by atoms with Crippen LogP contribution in [0, 0.1) is 15.9 Å². The molecule has 1 aromatic rings. The van der Waals surface area contributed by atoms with E-state index in [1.165, 1.54) is 7.05 Å². The zero-order chi connectivity index (χ0) is 14.1. The van der Waals surface area contributed by atoms with Gasteiger partial charge in [0.15, 0.2) is 0 Å². The van der Waals surface area contributed by atoms with Crippen LogP contribution in [-0.4, -0.2) is 30.7 Å². The Morgan fingerprint density at radius 2 is 1.94 bits per heavy atom. The molecule has 0 aliphatic heterocycles. The SMILES string of the molecule is CC(C)N(C)S(=O)(=O)c1ccc([N+](=O)[O-])c(F)c1. The molecule has 0 atom stereocenters. The Bertz CT molecular complexity index is 571. The summed E-state index contributed by atoms with van der Waals surface area (Å²) in [5.74, 6) is -1.17. The van der Waals surface area contributed by atoms with Crippen LogP contribution in [0.2, 0.25) is 0 Å². The predicted molar refractivity (Wildman–Crippen MR) is 63.1 cm³/mol. The second kappa shape index (κ2) is 4.99. The van der Waals surface area contributed by atoms with Crippen LogP contribution in [0.4, 0.5) is 10.1 Å². The normalized spacial score (nSPS) is 12.1. The van der Waals surface area contributed by atoms with Crippen molar-refractivity contribution in [2.45, 2.75) is 24.8 Å². The third kappa shape index (κ3) is 2.65. The largest absolute Gasteiger partial charge is 0.304 e. The van der Waals surface area contributed by atoms with Crippen molar-refractivity contribution in [2.75, 3.05) is 7.05 Å². The van der Waals surface area contributed by atoms with Crippen molar-refractivity contribution < 1.29 is 17.7 Å². The minimum absolute atomic E-state index is 0.298. The molecule has 0 spiro atoms. The number of nitrogens with zero attached hydrogens (tertiary/aromatic N) is 2. The zero-order valence-electron chi connectivity index (χ0n) is 10.1. The van der Waals surface area contributed by atoms with Gasteiger partial charge in [-0.1, -0.05) is 0 Å². The van der Waals surface area contributed by atoms with Gasteiger partial charge in [-0.05, 0) is 19.9 Å². The summed E-state index contributed by atoms with van der Waals surface area (Å²) in [6.45, 7) is 3.33. The van der Waals surface area contributed by atoms with Crippen LogP contribution in [0.25, 0.3) is 0 Å². The van der Waals surface area contributed by atoms with Gasteiger partial charge in [0.2, 0.25) is 15.8 Å². The smallest absolute Gasteiger partial charge is 0.258 e. The van der Waals surface area contributed by atoms with E-state index in [0.717, 1.165) is 16.4 Å². The van der Waals surface area contributed by atoms with Crippen LogP contribution in [0.1, 0.15) is 13.8 Å². The van der Waals surface area contributed by atoms with Gasteiger partial charge in [0.1, 0.15) is 0 Å². The molecular formula is C10H13FN2O4S. The quantitative estimate of drug-likeness (QED) is 0.620. The first-order valence-electron chi connectivity index (χ1n) is 5.10. The molecule has 0 saturated heterocycles. The molecule has 8 heteroatoms. The lowest BCUT2D eigenvalue weighted by atomic mass is 10.3. The van der Waals surface area contributed by atoms with E-state index in [-0.39, 0.29) is 10.9 Å². The maximum absolute atomic E-state index is 13.4. The van der Waals surface area contributed by atoms with E-state index in [1.54, 1.807) is 13.8 Å². The van der Waals surface area contributed by atoms with E-state index in [4.69, 9.17) is 0 Å². The lowest BCUT2D eigenvalue weighted by Gasteiger charge is -2.20. The van der Waals surface area contributed by atoms with Crippen LogP contribution < -0.4 is 0 Å². The van der Waals surface area contributed by atoms with E-state index >= 15 is 0 Å². The summed E-state index contributed by atoms with van der Waals surface area (Å²) in [5, 5.41) is 10.4. The molecule has 0 amide bonds. The van der Waals surface area contributed by atoms with Crippen molar-refractivity contribution in [2.24, 2.45) is 0 Å². The summed E-state index contributed by atoms with van der Waals surface area (Å²) in [5.41, 5.74) is -0.749. The zero-order valence-corrected chi connectivity index (χ0v) is 10.9. The lowest BCUT2D eigenvalue weighted by molar-refractivity contribution is -0.387. The third-order valence-electron chi connectivity index (χ3n) is 2.52. The van der Waals surface area contributed by atoms with E-state index in [2.05, 4.69) is 0 Å². The highest BCUT2D eigenvalue weighted by atomic mass is 32.2. The van der Waals surface area contributed by atoms with Gasteiger partial charge in [0.25, 0.3) is 0 Å². The van der Waals surface area contributed by atoms with E-state index < -0.39 is 26.5 Å². The van der Waals surface area contributed by atoms with Gasteiger partial charge in [-0.25, -0.2) is 8.42 Å². The molecule has 0 bridgehead atoms. The fourth-order valence-electron chi connectivity index (χ4n) is 1.24. The summed E-state index contributed by atoms with van der Waals surface area (Å²) in [7, 11) is -2.47. The first-order chi connectivity index (χ1) is 8.17. The number of rotatable bonds is 4. The van der Waals surface area contributed by atoms with Crippen LogP contribution in [0.3, 0.4) is 0 Å². The molecule has 0 unspecified atom stereocenters. The molecule has 0 radical (unpaired) electrons. The molecule has 1 rings (SSSR count). The molecule has 18 heavy (non-hydrogen) atoms. The van der Waals surface area contributed by atoms with Crippen molar-refractivity contribution in [3.63, 3.8) is 0 Å². The summed E-state index contributed by atoms with van der Waals surface area (Å²) in [6.07, 6.45) is 0. The number of benzene rings is 1. The highest BCUT2D eigenvalue weighted by molar-refractivity contribution is 7.89. The van der Waals surface area contributed by atoms with Gasteiger partial charge >= 0.3 is 5.69 Å². The molecule has 0 heterocycles. The maximum Gasteiger partial charge on any atom is 0.304 e. The Morgan fingerprint density at radius 3 is 2.33 bits per heavy atom. The Morgan fingerprint density at radius 1 is 1.39 bits per heavy atom. The van der Waals surface area contributed by atoms with Gasteiger partial charge in [-0.2, -0.15) is 8.70 Å². The standard InChI is InChI=1S/C10H13FN2O4S/c1-7(2)12(3)18(16,17)8-4-5-10(13(14)15)9(11)6-8/h4-7H,1-3H3. The lowest BCUT2D eigenvalue weighted by Crippen LogP contribution is -2.33. The van der Waals surface area contributed by atoms with Gasteiger partial charge < -0.3 is 0 Å². The number of nitro benzene ring substituents is 1. The van der Waals surface area contributed by atoms with Crippen molar-refractivity contribution in [3.05, 3.63) is 34.1 Å². The Kier molecular flexibility index (Phi) is 4.02. The first kappa shape index (κ1) is 14.5. The van der Waals surface area contributed by atoms with Crippen LogP contribution in [0.15, 0.2) is 23.1 Å². The predicted octanol–water partition coefficient (Wildman–Crippen LogP) is 1.76. The van der Waals surface area contributed by atoms with E-state index in [9.17, 15) is 22.9 Å². The van der Waals surface area contributed by atoms with E-state index in [0.29, 0.717) is 6.07 Å². The number of halogens is 1. The molecule has 6 nitrogen and oxygen atoms in total. The van der Waals surface area contributed by atoms with Crippen molar-refractivity contribution in [1.82, 2.24) is 4.31 Å². The molecule has 0 N–H and O–H groups in total. The maximum atomic E-state index is 13.4. The number of sulfonamides is 1. The summed E-state index contributed by atoms with van der Waals surface area (Å²) >= 11 is 0. The number of hydrogen-bond donors (Lipinski definition) is 0. The topological polar surface area (TPSA) is 80.5 Å². The molecule has 1 aromatic carbocycles. The van der Waals surface area contributed by atoms with Crippen LogP contribution in [-0.2, 0) is 10.0 Å². The van der Waals surface area contributed by atoms with Crippen molar-refractivity contribution in [3.8, 4) is 0 Å². The fraction of sp³-hybridized carbons (Fsp3) is 0.400. The molecular weight excluding hydrogens is 263 g/mol. The van der Waals surface area contributed by atoms with Crippen molar-refractivity contribution >= 4 is 15.7 Å². The summed E-state index contributed by atoms with van der Waals surface area (Å²) < 4.78 is 38.4. The van der Waals surface area contributed by atoms with Gasteiger partial charge in [-0.15, -0.1) is 0 Å². The minimum Gasteiger partial charge on any atom is -0.258 e. The average Bonchev–Trinajstić information content (AvgIpc) is 2.27. The molecule has 0 aliphatic carbocycles.